The third-order valence-corrected chi connectivity index (χ3v) is 13.3. The Morgan fingerprint density at radius 2 is 0.692 bits per heavy atom. The van der Waals surface area contributed by atoms with Crippen molar-refractivity contribution in [2.75, 3.05) is 47.5 Å². The van der Waals surface area contributed by atoms with Gasteiger partial charge in [0.1, 0.15) is 19.8 Å². The van der Waals surface area contributed by atoms with Crippen LogP contribution < -0.4 is 0 Å². The first-order valence-corrected chi connectivity index (χ1v) is 32.1. The fourth-order valence-electron chi connectivity index (χ4n) is 7.73. The zero-order valence-corrected chi connectivity index (χ0v) is 51.0. The molecule has 0 fully saturated rings. The Morgan fingerprint density at radius 1 is 0.397 bits per heavy atom. The molecule has 2 unspecified atom stereocenters. The first kappa shape index (κ1) is 73.9. The molecule has 0 aliphatic heterocycles. The number of carbonyl (C=O) groups is 2. The average molecular weight is 1100 g/mol. The highest BCUT2D eigenvalue weighted by Gasteiger charge is 2.27. The number of rotatable bonds is 54. The summed E-state index contributed by atoms with van der Waals surface area (Å²) in [6.07, 6.45) is 84.8. The van der Waals surface area contributed by atoms with Crippen LogP contribution in [-0.2, 0) is 32.7 Å². The molecule has 0 saturated heterocycles. The topological polar surface area (TPSA) is 108 Å². The zero-order chi connectivity index (χ0) is 57.0. The summed E-state index contributed by atoms with van der Waals surface area (Å²) in [5.74, 6) is -0.833. The van der Waals surface area contributed by atoms with Gasteiger partial charge < -0.3 is 18.9 Å². The molecule has 0 heterocycles. The van der Waals surface area contributed by atoms with Crippen molar-refractivity contribution in [3.05, 3.63) is 146 Å². The van der Waals surface area contributed by atoms with Crippen LogP contribution in [0.5, 0.6) is 0 Å². The number of ether oxygens (including phenoxy) is 2. The van der Waals surface area contributed by atoms with Crippen molar-refractivity contribution in [2.24, 2.45) is 0 Å². The summed E-state index contributed by atoms with van der Waals surface area (Å²) in [5.41, 5.74) is 0. The maximum Gasteiger partial charge on any atom is 0.472 e. The van der Waals surface area contributed by atoms with Gasteiger partial charge in [-0.3, -0.25) is 18.6 Å². The highest BCUT2D eigenvalue weighted by molar-refractivity contribution is 7.47. The van der Waals surface area contributed by atoms with Gasteiger partial charge in [0, 0.05) is 12.8 Å². The maximum atomic E-state index is 12.8. The number of allylic oxidation sites excluding steroid dienone is 24. The van der Waals surface area contributed by atoms with E-state index >= 15 is 0 Å². The Labute approximate surface area is 478 Å². The van der Waals surface area contributed by atoms with E-state index in [-0.39, 0.29) is 32.0 Å². The summed E-state index contributed by atoms with van der Waals surface area (Å²) in [4.78, 5) is 35.8. The van der Waals surface area contributed by atoms with Crippen molar-refractivity contribution >= 4 is 19.8 Å². The molecular weight excluding hydrogens is 990 g/mol. The van der Waals surface area contributed by atoms with Gasteiger partial charge in [-0.25, -0.2) is 4.57 Å². The van der Waals surface area contributed by atoms with Gasteiger partial charge in [0.25, 0.3) is 0 Å². The zero-order valence-electron chi connectivity index (χ0n) is 50.1. The van der Waals surface area contributed by atoms with Gasteiger partial charge in [0.05, 0.1) is 27.7 Å². The van der Waals surface area contributed by atoms with Crippen LogP contribution >= 0.6 is 7.82 Å². The van der Waals surface area contributed by atoms with Crippen molar-refractivity contribution in [2.45, 2.75) is 225 Å². The van der Waals surface area contributed by atoms with Crippen molar-refractivity contribution in [1.82, 2.24) is 0 Å². The van der Waals surface area contributed by atoms with Crippen LogP contribution in [0.1, 0.15) is 219 Å². The van der Waals surface area contributed by atoms with Crippen molar-refractivity contribution in [3.8, 4) is 0 Å². The molecule has 0 amide bonds. The first-order valence-electron chi connectivity index (χ1n) is 30.6. The van der Waals surface area contributed by atoms with E-state index in [1.165, 1.54) is 44.9 Å². The highest BCUT2D eigenvalue weighted by atomic mass is 31.2. The van der Waals surface area contributed by atoms with Gasteiger partial charge in [-0.2, -0.15) is 0 Å². The number of hydrogen-bond acceptors (Lipinski definition) is 7. The van der Waals surface area contributed by atoms with E-state index in [0.29, 0.717) is 17.4 Å². The predicted octanol–water partition coefficient (Wildman–Crippen LogP) is 19.5. The Bertz CT molecular complexity index is 1820. The fourth-order valence-corrected chi connectivity index (χ4v) is 8.47. The molecule has 0 spiro atoms. The molecule has 0 radical (unpaired) electrons. The lowest BCUT2D eigenvalue weighted by molar-refractivity contribution is -0.870. The summed E-state index contributed by atoms with van der Waals surface area (Å²) in [6, 6.07) is 0. The Hall–Kier alpha value is -4.11. The second-order valence-corrected chi connectivity index (χ2v) is 22.4. The van der Waals surface area contributed by atoms with E-state index < -0.39 is 26.5 Å². The van der Waals surface area contributed by atoms with Crippen LogP contribution in [0, 0.1) is 0 Å². The minimum absolute atomic E-state index is 0.0187. The molecule has 0 aromatic carbocycles. The minimum Gasteiger partial charge on any atom is -0.462 e. The van der Waals surface area contributed by atoms with Crippen LogP contribution in [0.3, 0.4) is 0 Å². The van der Waals surface area contributed by atoms with Gasteiger partial charge in [-0.15, -0.1) is 0 Å². The Morgan fingerprint density at radius 3 is 1.03 bits per heavy atom. The fraction of sp³-hybridized carbons (Fsp3) is 0.618. The number of likely N-dealkylation sites (N-methyl/N-ethyl adjacent to an activating group) is 1. The molecule has 1 N–H and O–H groups in total. The molecule has 9 nitrogen and oxygen atoms in total. The molecule has 2 atom stereocenters. The van der Waals surface area contributed by atoms with Crippen LogP contribution in [0.15, 0.2) is 146 Å². The number of unbranched alkanes of at least 4 members (excludes halogenated alkanes) is 16. The summed E-state index contributed by atoms with van der Waals surface area (Å²) in [6.45, 7) is 4.16. The van der Waals surface area contributed by atoms with Gasteiger partial charge >= 0.3 is 19.8 Å². The van der Waals surface area contributed by atoms with Gasteiger partial charge in [-0.1, -0.05) is 237 Å². The number of nitrogens with zero attached hydrogens (tertiary/aromatic N) is 1. The number of quaternary nitrogens is 1. The standard InChI is InChI=1S/C68H112NO8P/c1-6-8-10-12-14-16-18-20-22-24-26-28-30-32-34-36-38-40-42-44-46-48-50-52-54-56-58-60-67(70)74-64-66(65-76-78(72,73)75-63-62-69(3,4)5)77-68(71)61-59-57-55-53-51-49-47-45-43-41-39-37-35-33-31-29-27-25-23-21-19-17-15-13-11-9-7-2/h8-11,14-17,20-23,26-29,32-35,39,41,45,47,66H,6-7,12-13,18-19,24-25,30-31,36-38,40,42-44,46,48-65H2,1-5H3/p+1/b10-8-,11-9-,16-14-,17-15-,22-20-,23-21-,28-26-,29-27-,34-32-,35-33-,41-39-,47-45-. The molecule has 0 saturated carbocycles. The van der Waals surface area contributed by atoms with Crippen LogP contribution in [0.2, 0.25) is 0 Å². The monoisotopic (exact) mass is 1100 g/mol. The molecule has 0 aromatic rings. The van der Waals surface area contributed by atoms with Crippen molar-refractivity contribution < 1.29 is 42.1 Å². The summed E-state index contributed by atoms with van der Waals surface area (Å²) in [5, 5.41) is 0. The second kappa shape index (κ2) is 57.6. The van der Waals surface area contributed by atoms with Gasteiger partial charge in [-0.05, 0) is 116 Å². The first-order chi connectivity index (χ1) is 38.0. The van der Waals surface area contributed by atoms with E-state index in [1.807, 2.05) is 21.1 Å². The summed E-state index contributed by atoms with van der Waals surface area (Å²) < 4.78 is 34.6. The van der Waals surface area contributed by atoms with E-state index in [1.54, 1.807) is 0 Å². The number of esters is 2. The number of hydrogen-bond donors (Lipinski definition) is 1. The van der Waals surface area contributed by atoms with Crippen LogP contribution in [0.4, 0.5) is 0 Å². The van der Waals surface area contributed by atoms with Crippen LogP contribution in [0.25, 0.3) is 0 Å². The third-order valence-electron chi connectivity index (χ3n) is 12.4. The predicted molar refractivity (Wildman–Crippen MR) is 334 cm³/mol. The lowest BCUT2D eigenvalue weighted by atomic mass is 10.0. The molecular formula is C68H113NO8P+. The number of carbonyl (C=O) groups excluding carboxylic acids is 2. The second-order valence-electron chi connectivity index (χ2n) is 21.0. The van der Waals surface area contributed by atoms with E-state index in [2.05, 4.69) is 160 Å². The van der Waals surface area contributed by atoms with E-state index in [0.717, 1.165) is 141 Å². The lowest BCUT2D eigenvalue weighted by Crippen LogP contribution is -2.37. The van der Waals surface area contributed by atoms with Crippen molar-refractivity contribution in [1.29, 1.82) is 0 Å². The minimum atomic E-state index is -4.41. The SMILES string of the molecule is CC/C=C\C/C=C\C/C=C\C/C=C\C/C=C\C/C=C\C/C=C\CCCCCCCC(=O)OC(COC(=O)CCCCCCCCCCCCC/C=C\C/C=C\C/C=C\C/C=C\C/C=C\CC)COP(=O)(O)OCC[N+](C)(C)C. The smallest absolute Gasteiger partial charge is 0.462 e. The third kappa shape index (κ3) is 61.1. The summed E-state index contributed by atoms with van der Waals surface area (Å²) >= 11 is 0. The van der Waals surface area contributed by atoms with Gasteiger partial charge in [0.2, 0.25) is 0 Å². The highest BCUT2D eigenvalue weighted by Crippen LogP contribution is 2.43. The molecule has 78 heavy (non-hydrogen) atoms. The average Bonchev–Trinajstić information content (AvgIpc) is 3.41. The number of phosphoric acid groups is 1. The largest absolute Gasteiger partial charge is 0.472 e. The van der Waals surface area contributed by atoms with E-state index in [9.17, 15) is 19.0 Å². The molecule has 0 bridgehead atoms. The molecule has 10 heteroatoms. The normalized spacial score (nSPS) is 14.3. The quantitative estimate of drug-likeness (QED) is 0.0211. The molecule has 0 aliphatic rings. The maximum absolute atomic E-state index is 12.8. The Balaban J connectivity index is 4.24. The lowest BCUT2D eigenvalue weighted by Gasteiger charge is -2.24. The molecule has 0 rings (SSSR count). The molecule has 0 aliphatic carbocycles. The molecule has 442 valence electrons. The summed E-state index contributed by atoms with van der Waals surface area (Å²) in [7, 11) is 1.44. The van der Waals surface area contributed by atoms with Crippen molar-refractivity contribution in [3.63, 3.8) is 0 Å². The van der Waals surface area contributed by atoms with Crippen LogP contribution in [-0.4, -0.2) is 74.9 Å². The van der Waals surface area contributed by atoms with E-state index in [4.69, 9.17) is 18.5 Å². The Kier molecular flexibility index (Phi) is 54.5. The van der Waals surface area contributed by atoms with Gasteiger partial charge in [0.15, 0.2) is 6.10 Å². The number of phosphoric ester groups is 1. The molecule has 0 aromatic heterocycles.